The van der Waals surface area contributed by atoms with Crippen LogP contribution in [0, 0.1) is 5.41 Å². The SMILES string of the molecule is COC(=O)c1ccc(NC=N)cc1. The van der Waals surface area contributed by atoms with Crippen molar-refractivity contribution in [3.05, 3.63) is 29.8 Å². The second-order valence-electron chi connectivity index (χ2n) is 2.36. The molecule has 0 atom stereocenters. The van der Waals surface area contributed by atoms with Crippen molar-refractivity contribution in [1.82, 2.24) is 0 Å². The fourth-order valence-corrected chi connectivity index (χ4v) is 0.904. The standard InChI is InChI=1S/C9H10N2O2/c1-13-9(12)7-2-4-8(5-3-7)11-6-10/h2-6H,1H3,(H2,10,11). The van der Waals surface area contributed by atoms with Crippen LogP contribution in [0.25, 0.3) is 0 Å². The quantitative estimate of drug-likeness (QED) is 0.418. The summed E-state index contributed by atoms with van der Waals surface area (Å²) in [6.45, 7) is 0. The van der Waals surface area contributed by atoms with Gasteiger partial charge in [-0.3, -0.25) is 5.41 Å². The lowest BCUT2D eigenvalue weighted by Gasteiger charge is -2.01. The highest BCUT2D eigenvalue weighted by Crippen LogP contribution is 2.09. The number of esters is 1. The third-order valence-electron chi connectivity index (χ3n) is 1.54. The molecule has 0 heterocycles. The van der Waals surface area contributed by atoms with E-state index in [4.69, 9.17) is 5.41 Å². The van der Waals surface area contributed by atoms with Crippen LogP contribution >= 0.6 is 0 Å². The first-order valence-corrected chi connectivity index (χ1v) is 3.72. The topological polar surface area (TPSA) is 62.2 Å². The highest BCUT2D eigenvalue weighted by molar-refractivity contribution is 5.90. The summed E-state index contributed by atoms with van der Waals surface area (Å²) in [6.07, 6.45) is 1.08. The Hall–Kier alpha value is -1.84. The Kier molecular flexibility index (Phi) is 3.03. The summed E-state index contributed by atoms with van der Waals surface area (Å²) in [5.74, 6) is -0.360. The number of anilines is 1. The van der Waals surface area contributed by atoms with Crippen LogP contribution in [-0.4, -0.2) is 19.4 Å². The van der Waals surface area contributed by atoms with Crippen molar-refractivity contribution < 1.29 is 9.53 Å². The largest absolute Gasteiger partial charge is 0.465 e. The fourth-order valence-electron chi connectivity index (χ4n) is 0.904. The monoisotopic (exact) mass is 178 g/mol. The second kappa shape index (κ2) is 4.25. The van der Waals surface area contributed by atoms with Gasteiger partial charge < -0.3 is 10.1 Å². The zero-order chi connectivity index (χ0) is 9.68. The Bertz CT molecular complexity index is 306. The van der Waals surface area contributed by atoms with E-state index in [9.17, 15) is 4.79 Å². The van der Waals surface area contributed by atoms with E-state index in [2.05, 4.69) is 10.1 Å². The van der Waals surface area contributed by atoms with Crippen LogP contribution in [0.2, 0.25) is 0 Å². The molecule has 0 amide bonds. The van der Waals surface area contributed by atoms with Crippen LogP contribution < -0.4 is 5.32 Å². The van der Waals surface area contributed by atoms with Gasteiger partial charge in [-0.15, -0.1) is 0 Å². The predicted molar refractivity (Wildman–Crippen MR) is 50.2 cm³/mol. The minimum atomic E-state index is -0.360. The molecule has 4 heteroatoms. The normalized spacial score (nSPS) is 9.00. The number of carbonyl (C=O) groups is 1. The average molecular weight is 178 g/mol. The number of hydrogen-bond acceptors (Lipinski definition) is 3. The third-order valence-corrected chi connectivity index (χ3v) is 1.54. The third kappa shape index (κ3) is 2.30. The molecule has 1 aromatic rings. The minimum absolute atomic E-state index is 0.360. The fraction of sp³-hybridized carbons (Fsp3) is 0.111. The number of ether oxygens (including phenoxy) is 1. The Labute approximate surface area is 76.0 Å². The van der Waals surface area contributed by atoms with E-state index in [-0.39, 0.29) is 5.97 Å². The van der Waals surface area contributed by atoms with E-state index in [1.54, 1.807) is 24.3 Å². The van der Waals surface area contributed by atoms with Crippen molar-refractivity contribution in [2.24, 2.45) is 0 Å². The molecule has 13 heavy (non-hydrogen) atoms. The summed E-state index contributed by atoms with van der Waals surface area (Å²) in [5.41, 5.74) is 1.26. The zero-order valence-electron chi connectivity index (χ0n) is 7.20. The van der Waals surface area contributed by atoms with Gasteiger partial charge in [0.15, 0.2) is 0 Å². The molecule has 0 unspecified atom stereocenters. The summed E-state index contributed by atoms with van der Waals surface area (Å²) in [4.78, 5) is 11.0. The molecule has 0 aliphatic heterocycles. The van der Waals surface area contributed by atoms with E-state index in [1.807, 2.05) is 0 Å². The molecule has 1 aromatic carbocycles. The maximum Gasteiger partial charge on any atom is 0.337 e. The van der Waals surface area contributed by atoms with Gasteiger partial charge in [0.1, 0.15) is 0 Å². The summed E-state index contributed by atoms with van der Waals surface area (Å²) in [5, 5.41) is 9.47. The number of hydrogen-bond donors (Lipinski definition) is 2. The van der Waals surface area contributed by atoms with Crippen molar-refractivity contribution in [2.45, 2.75) is 0 Å². The molecule has 0 bridgehead atoms. The van der Waals surface area contributed by atoms with Crippen LogP contribution in [0.1, 0.15) is 10.4 Å². The molecule has 0 aromatic heterocycles. The summed E-state index contributed by atoms with van der Waals surface area (Å²) in [7, 11) is 1.34. The first-order valence-electron chi connectivity index (χ1n) is 3.72. The van der Waals surface area contributed by atoms with Gasteiger partial charge in [0, 0.05) is 5.69 Å². The molecule has 0 saturated carbocycles. The maximum atomic E-state index is 11.0. The van der Waals surface area contributed by atoms with E-state index in [1.165, 1.54) is 7.11 Å². The number of nitrogens with one attached hydrogen (secondary N) is 2. The van der Waals surface area contributed by atoms with Crippen molar-refractivity contribution >= 4 is 18.0 Å². The molecule has 0 aliphatic rings. The Morgan fingerprint density at radius 2 is 2.08 bits per heavy atom. The Balaban J connectivity index is 2.80. The number of methoxy groups -OCH3 is 1. The van der Waals surface area contributed by atoms with Gasteiger partial charge in [-0.25, -0.2) is 4.79 Å². The molecular weight excluding hydrogens is 168 g/mol. The molecule has 68 valence electrons. The molecule has 0 aliphatic carbocycles. The number of carbonyl (C=O) groups excluding carboxylic acids is 1. The van der Waals surface area contributed by atoms with Gasteiger partial charge in [0.2, 0.25) is 0 Å². The maximum absolute atomic E-state index is 11.0. The molecule has 4 nitrogen and oxygen atoms in total. The van der Waals surface area contributed by atoms with Gasteiger partial charge in [0.05, 0.1) is 19.0 Å². The van der Waals surface area contributed by atoms with Gasteiger partial charge >= 0.3 is 5.97 Å². The molecular formula is C9H10N2O2. The molecule has 0 saturated heterocycles. The zero-order valence-corrected chi connectivity index (χ0v) is 7.20. The van der Waals surface area contributed by atoms with Gasteiger partial charge in [-0.2, -0.15) is 0 Å². The molecule has 0 spiro atoms. The summed E-state index contributed by atoms with van der Waals surface area (Å²) >= 11 is 0. The minimum Gasteiger partial charge on any atom is -0.465 e. The van der Waals surface area contributed by atoms with Gasteiger partial charge in [-0.1, -0.05) is 0 Å². The van der Waals surface area contributed by atoms with Crippen LogP contribution in [0.5, 0.6) is 0 Å². The average Bonchev–Trinajstić information content (AvgIpc) is 2.18. The van der Waals surface area contributed by atoms with E-state index >= 15 is 0 Å². The van der Waals surface area contributed by atoms with E-state index < -0.39 is 0 Å². The van der Waals surface area contributed by atoms with Crippen LogP contribution in [0.15, 0.2) is 24.3 Å². The first-order chi connectivity index (χ1) is 6.27. The molecule has 0 radical (unpaired) electrons. The Morgan fingerprint density at radius 3 is 2.54 bits per heavy atom. The first kappa shape index (κ1) is 9.25. The predicted octanol–water partition coefficient (Wildman–Crippen LogP) is 1.49. The highest BCUT2D eigenvalue weighted by Gasteiger charge is 2.02. The van der Waals surface area contributed by atoms with Gasteiger partial charge in [-0.05, 0) is 24.3 Å². The van der Waals surface area contributed by atoms with Crippen LogP contribution in [0.3, 0.4) is 0 Å². The van der Waals surface area contributed by atoms with Crippen LogP contribution in [-0.2, 0) is 4.74 Å². The lowest BCUT2D eigenvalue weighted by molar-refractivity contribution is 0.0601. The number of benzene rings is 1. The summed E-state index contributed by atoms with van der Waals surface area (Å²) in [6, 6.07) is 6.68. The number of rotatable bonds is 3. The molecule has 0 fully saturated rings. The highest BCUT2D eigenvalue weighted by atomic mass is 16.5. The smallest absolute Gasteiger partial charge is 0.337 e. The molecule has 1 rings (SSSR count). The van der Waals surface area contributed by atoms with Crippen molar-refractivity contribution in [3.63, 3.8) is 0 Å². The van der Waals surface area contributed by atoms with E-state index in [0.29, 0.717) is 5.56 Å². The van der Waals surface area contributed by atoms with Crippen molar-refractivity contribution in [2.75, 3.05) is 12.4 Å². The van der Waals surface area contributed by atoms with Crippen molar-refractivity contribution in [3.8, 4) is 0 Å². The molecule has 2 N–H and O–H groups in total. The Morgan fingerprint density at radius 1 is 1.46 bits per heavy atom. The van der Waals surface area contributed by atoms with Gasteiger partial charge in [0.25, 0.3) is 0 Å². The van der Waals surface area contributed by atoms with Crippen molar-refractivity contribution in [1.29, 1.82) is 5.41 Å². The van der Waals surface area contributed by atoms with Crippen LogP contribution in [0.4, 0.5) is 5.69 Å². The lowest BCUT2D eigenvalue weighted by Crippen LogP contribution is -2.01. The lowest BCUT2D eigenvalue weighted by atomic mass is 10.2. The van der Waals surface area contributed by atoms with E-state index in [0.717, 1.165) is 12.0 Å². The summed E-state index contributed by atoms with van der Waals surface area (Å²) < 4.78 is 4.53. The second-order valence-corrected chi connectivity index (χ2v) is 2.36.